The smallest absolute Gasteiger partial charge is 0.0619 e. The summed E-state index contributed by atoms with van der Waals surface area (Å²) in [5.41, 5.74) is 3.72. The number of hydrogen-bond donors (Lipinski definition) is 1. The Morgan fingerprint density at radius 1 is 1.42 bits per heavy atom. The molecule has 0 bridgehead atoms. The Bertz CT molecular complexity index is 548. The van der Waals surface area contributed by atoms with Gasteiger partial charge in [0.05, 0.1) is 12.2 Å². The van der Waals surface area contributed by atoms with Crippen LogP contribution in [-0.4, -0.2) is 16.3 Å². The second-order valence-corrected chi connectivity index (χ2v) is 5.61. The Balaban J connectivity index is 2.39. The zero-order valence-corrected chi connectivity index (χ0v) is 13.2. The summed E-state index contributed by atoms with van der Waals surface area (Å²) in [7, 11) is 1.95. The Morgan fingerprint density at radius 3 is 2.84 bits per heavy atom. The molecule has 0 aliphatic rings. The fourth-order valence-electron chi connectivity index (χ4n) is 2.18. The molecule has 0 aliphatic heterocycles. The molecule has 4 heteroatoms. The number of halogens is 1. The van der Waals surface area contributed by atoms with Crippen molar-refractivity contribution in [3.63, 3.8) is 0 Å². The van der Waals surface area contributed by atoms with E-state index in [2.05, 4.69) is 64.6 Å². The maximum absolute atomic E-state index is 4.28. The highest BCUT2D eigenvalue weighted by atomic mass is 79.9. The first kappa shape index (κ1) is 14.3. The van der Waals surface area contributed by atoms with Crippen LogP contribution in [0.25, 0.3) is 0 Å². The van der Waals surface area contributed by atoms with E-state index in [1.807, 2.05) is 17.9 Å². The molecule has 1 atom stereocenters. The Hall–Kier alpha value is -1.13. The monoisotopic (exact) mass is 321 g/mol. The molecule has 1 aromatic heterocycles. The summed E-state index contributed by atoms with van der Waals surface area (Å²) >= 11 is 3.71. The van der Waals surface area contributed by atoms with Gasteiger partial charge in [0, 0.05) is 23.3 Å². The highest BCUT2D eigenvalue weighted by Crippen LogP contribution is 2.30. The van der Waals surface area contributed by atoms with E-state index < -0.39 is 0 Å². The van der Waals surface area contributed by atoms with Crippen LogP contribution in [0.4, 0.5) is 0 Å². The summed E-state index contributed by atoms with van der Waals surface area (Å²) in [5.74, 6) is 0. The number of aryl methyl sites for hydroxylation is 2. The average molecular weight is 322 g/mol. The van der Waals surface area contributed by atoms with Gasteiger partial charge in [0.1, 0.15) is 0 Å². The first-order valence-corrected chi connectivity index (χ1v) is 7.39. The van der Waals surface area contributed by atoms with Gasteiger partial charge in [0.2, 0.25) is 0 Å². The molecule has 1 heterocycles. The molecule has 1 unspecified atom stereocenters. The number of nitrogens with zero attached hydrogens (tertiary/aromatic N) is 2. The van der Waals surface area contributed by atoms with Gasteiger partial charge in [-0.1, -0.05) is 41.1 Å². The molecule has 0 amide bonds. The van der Waals surface area contributed by atoms with Gasteiger partial charge in [-0.05, 0) is 31.0 Å². The zero-order valence-electron chi connectivity index (χ0n) is 11.7. The minimum absolute atomic E-state index is 0.183. The topological polar surface area (TPSA) is 29.9 Å². The molecular weight excluding hydrogens is 302 g/mol. The molecule has 2 rings (SSSR count). The van der Waals surface area contributed by atoms with Crippen molar-refractivity contribution in [1.29, 1.82) is 0 Å². The molecule has 0 radical (unpaired) electrons. The largest absolute Gasteiger partial charge is 0.306 e. The second kappa shape index (κ2) is 6.35. The first-order chi connectivity index (χ1) is 9.13. The van der Waals surface area contributed by atoms with Crippen LogP contribution in [0, 0.1) is 6.92 Å². The van der Waals surface area contributed by atoms with Crippen molar-refractivity contribution >= 4 is 15.9 Å². The highest BCUT2D eigenvalue weighted by molar-refractivity contribution is 9.10. The second-order valence-electron chi connectivity index (χ2n) is 4.81. The molecular formula is C15H20BrN3. The van der Waals surface area contributed by atoms with Crippen molar-refractivity contribution in [1.82, 2.24) is 15.1 Å². The third-order valence-electron chi connectivity index (χ3n) is 3.19. The van der Waals surface area contributed by atoms with Crippen molar-refractivity contribution in [2.75, 3.05) is 6.54 Å². The standard InChI is InChI=1S/C15H20BrN3/c1-4-8-17-15(12-9-18-19(3)10-12)13-7-5-6-11(2)14(13)16/h5-7,9-10,15,17H,4,8H2,1-3H3. The number of nitrogens with one attached hydrogen (secondary N) is 1. The maximum Gasteiger partial charge on any atom is 0.0619 e. The summed E-state index contributed by atoms with van der Waals surface area (Å²) in [4.78, 5) is 0. The quantitative estimate of drug-likeness (QED) is 0.912. The molecule has 2 aromatic rings. The van der Waals surface area contributed by atoms with Gasteiger partial charge in [0.25, 0.3) is 0 Å². The lowest BCUT2D eigenvalue weighted by atomic mass is 9.99. The van der Waals surface area contributed by atoms with Gasteiger partial charge in [-0.15, -0.1) is 0 Å². The van der Waals surface area contributed by atoms with E-state index in [0.29, 0.717) is 0 Å². The van der Waals surface area contributed by atoms with Crippen LogP contribution in [0.2, 0.25) is 0 Å². The summed E-state index contributed by atoms with van der Waals surface area (Å²) < 4.78 is 3.02. The van der Waals surface area contributed by atoms with Crippen molar-refractivity contribution in [2.24, 2.45) is 7.05 Å². The van der Waals surface area contributed by atoms with E-state index >= 15 is 0 Å². The van der Waals surface area contributed by atoms with Crippen LogP contribution >= 0.6 is 15.9 Å². The van der Waals surface area contributed by atoms with Gasteiger partial charge in [-0.25, -0.2) is 0 Å². The third kappa shape index (κ3) is 3.25. The normalized spacial score (nSPS) is 12.6. The van der Waals surface area contributed by atoms with E-state index in [1.54, 1.807) is 0 Å². The van der Waals surface area contributed by atoms with Crippen LogP contribution in [-0.2, 0) is 7.05 Å². The Morgan fingerprint density at radius 2 is 2.21 bits per heavy atom. The van der Waals surface area contributed by atoms with Crippen LogP contribution in [0.1, 0.15) is 36.1 Å². The van der Waals surface area contributed by atoms with E-state index in [-0.39, 0.29) is 6.04 Å². The van der Waals surface area contributed by atoms with Gasteiger partial charge in [-0.3, -0.25) is 4.68 Å². The maximum atomic E-state index is 4.28. The van der Waals surface area contributed by atoms with E-state index in [1.165, 1.54) is 21.2 Å². The van der Waals surface area contributed by atoms with Gasteiger partial charge in [0.15, 0.2) is 0 Å². The molecule has 1 N–H and O–H groups in total. The molecule has 0 spiro atoms. The lowest BCUT2D eigenvalue weighted by Crippen LogP contribution is -2.23. The fourth-order valence-corrected chi connectivity index (χ4v) is 2.67. The molecule has 0 aliphatic carbocycles. The molecule has 0 fully saturated rings. The zero-order chi connectivity index (χ0) is 13.8. The summed E-state index contributed by atoms with van der Waals surface area (Å²) in [6, 6.07) is 6.57. The average Bonchev–Trinajstić information content (AvgIpc) is 2.81. The fraction of sp³-hybridized carbons (Fsp3) is 0.400. The van der Waals surface area contributed by atoms with Gasteiger partial charge < -0.3 is 5.32 Å². The molecule has 1 aromatic carbocycles. The number of hydrogen-bond acceptors (Lipinski definition) is 2. The molecule has 0 saturated carbocycles. The SMILES string of the molecule is CCCNC(c1cnn(C)c1)c1cccc(C)c1Br. The van der Waals surface area contributed by atoms with E-state index in [4.69, 9.17) is 0 Å². The van der Waals surface area contributed by atoms with Gasteiger partial charge >= 0.3 is 0 Å². The number of rotatable bonds is 5. The molecule has 102 valence electrons. The lowest BCUT2D eigenvalue weighted by molar-refractivity contribution is 0.596. The van der Waals surface area contributed by atoms with Crippen molar-refractivity contribution in [3.05, 3.63) is 51.8 Å². The number of benzene rings is 1. The minimum atomic E-state index is 0.183. The molecule has 0 saturated heterocycles. The van der Waals surface area contributed by atoms with E-state index in [0.717, 1.165) is 13.0 Å². The van der Waals surface area contributed by atoms with Gasteiger partial charge in [-0.2, -0.15) is 5.10 Å². The van der Waals surface area contributed by atoms with Crippen LogP contribution in [0.5, 0.6) is 0 Å². The Labute approximate surface area is 123 Å². The first-order valence-electron chi connectivity index (χ1n) is 6.60. The third-order valence-corrected chi connectivity index (χ3v) is 4.27. The summed E-state index contributed by atoms with van der Waals surface area (Å²) in [6.07, 6.45) is 5.12. The predicted molar refractivity (Wildman–Crippen MR) is 82.2 cm³/mol. The molecule has 19 heavy (non-hydrogen) atoms. The summed E-state index contributed by atoms with van der Waals surface area (Å²) in [5, 5.41) is 7.88. The highest BCUT2D eigenvalue weighted by Gasteiger charge is 2.18. The predicted octanol–water partition coefficient (Wildman–Crippen LogP) is 3.58. The van der Waals surface area contributed by atoms with Crippen LogP contribution < -0.4 is 5.32 Å². The van der Waals surface area contributed by atoms with Crippen molar-refractivity contribution in [2.45, 2.75) is 26.3 Å². The summed E-state index contributed by atoms with van der Waals surface area (Å²) in [6.45, 7) is 5.28. The van der Waals surface area contributed by atoms with E-state index in [9.17, 15) is 0 Å². The lowest BCUT2D eigenvalue weighted by Gasteiger charge is -2.20. The van der Waals surface area contributed by atoms with Crippen molar-refractivity contribution in [3.8, 4) is 0 Å². The molecule has 3 nitrogen and oxygen atoms in total. The number of aromatic nitrogens is 2. The minimum Gasteiger partial charge on any atom is -0.306 e. The van der Waals surface area contributed by atoms with Crippen LogP contribution in [0.3, 0.4) is 0 Å². The van der Waals surface area contributed by atoms with Crippen LogP contribution in [0.15, 0.2) is 35.1 Å². The Kier molecular flexibility index (Phi) is 4.77. The van der Waals surface area contributed by atoms with Crippen molar-refractivity contribution < 1.29 is 0 Å².